The van der Waals surface area contributed by atoms with Crippen LogP contribution in [0.25, 0.3) is 0 Å². The zero-order valence-corrected chi connectivity index (χ0v) is 12.0. The first-order valence-corrected chi connectivity index (χ1v) is 6.48. The zero-order valence-electron chi connectivity index (χ0n) is 11.2. The zero-order chi connectivity index (χ0) is 13.0. The van der Waals surface area contributed by atoms with E-state index in [1.165, 1.54) is 12.0 Å². The second-order valence-electron chi connectivity index (χ2n) is 4.78. The fourth-order valence-electron chi connectivity index (χ4n) is 1.88. The van der Waals surface area contributed by atoms with Gasteiger partial charge in [0, 0.05) is 24.8 Å². The molecule has 0 aromatic heterocycles. The van der Waals surface area contributed by atoms with Gasteiger partial charge in [0.2, 0.25) is 0 Å². The van der Waals surface area contributed by atoms with Gasteiger partial charge in [0.15, 0.2) is 0 Å². The topological polar surface area (TPSA) is 29.3 Å². The maximum atomic E-state index is 5.79. The van der Waals surface area contributed by atoms with Gasteiger partial charge in [-0.1, -0.05) is 44.1 Å². The molecule has 1 aromatic carbocycles. The number of thiocarbonyl (C=S) groups is 1. The Hall–Kier alpha value is -1.09. The molecular weight excluding hydrogens is 228 g/mol. The quantitative estimate of drug-likeness (QED) is 0.814. The molecule has 0 bridgehead atoms. The Morgan fingerprint density at radius 3 is 2.65 bits per heavy atom. The van der Waals surface area contributed by atoms with E-state index in [2.05, 4.69) is 50.9 Å². The van der Waals surface area contributed by atoms with Gasteiger partial charge in [-0.25, -0.2) is 0 Å². The summed E-state index contributed by atoms with van der Waals surface area (Å²) in [5, 5.41) is 0. The summed E-state index contributed by atoms with van der Waals surface area (Å²) in [6, 6.07) is 6.27. The van der Waals surface area contributed by atoms with Crippen molar-refractivity contribution in [3.63, 3.8) is 0 Å². The largest absolute Gasteiger partial charge is 0.389 e. The summed E-state index contributed by atoms with van der Waals surface area (Å²) >= 11 is 5.12. The van der Waals surface area contributed by atoms with Crippen LogP contribution in [-0.2, 0) is 0 Å². The molecule has 1 unspecified atom stereocenters. The minimum atomic E-state index is 0.472. The Balaban J connectivity index is 3.00. The van der Waals surface area contributed by atoms with Gasteiger partial charge in [-0.15, -0.1) is 0 Å². The first-order valence-electron chi connectivity index (χ1n) is 6.07. The predicted octanol–water partition coefficient (Wildman–Crippen LogP) is 3.11. The highest BCUT2D eigenvalue weighted by Gasteiger charge is 2.11. The standard InChI is InChI=1S/C14H22N2S/c1-5-10(2)9-16(4)13-7-6-11(3)8-12(13)14(15)17/h6-8,10H,5,9H2,1-4H3,(H2,15,17). The molecule has 0 spiro atoms. The Bertz CT molecular complexity index is 401. The molecule has 94 valence electrons. The number of anilines is 1. The third kappa shape index (κ3) is 3.70. The molecule has 0 saturated heterocycles. The highest BCUT2D eigenvalue weighted by molar-refractivity contribution is 7.80. The van der Waals surface area contributed by atoms with Crippen LogP contribution in [0.3, 0.4) is 0 Å². The van der Waals surface area contributed by atoms with Crippen molar-refractivity contribution in [2.45, 2.75) is 27.2 Å². The van der Waals surface area contributed by atoms with Gasteiger partial charge in [0.1, 0.15) is 4.99 Å². The van der Waals surface area contributed by atoms with Crippen LogP contribution in [-0.4, -0.2) is 18.6 Å². The van der Waals surface area contributed by atoms with E-state index >= 15 is 0 Å². The van der Waals surface area contributed by atoms with Crippen molar-refractivity contribution in [1.29, 1.82) is 0 Å². The number of rotatable bonds is 5. The molecule has 1 atom stereocenters. The van der Waals surface area contributed by atoms with Gasteiger partial charge in [0.05, 0.1) is 0 Å². The second-order valence-corrected chi connectivity index (χ2v) is 5.22. The van der Waals surface area contributed by atoms with Gasteiger partial charge in [0.25, 0.3) is 0 Å². The van der Waals surface area contributed by atoms with Crippen LogP contribution in [0.2, 0.25) is 0 Å². The molecule has 0 radical (unpaired) electrons. The minimum Gasteiger partial charge on any atom is -0.389 e. The summed E-state index contributed by atoms with van der Waals surface area (Å²) < 4.78 is 0. The Kier molecular flexibility index (Phi) is 4.94. The van der Waals surface area contributed by atoms with E-state index < -0.39 is 0 Å². The van der Waals surface area contributed by atoms with Crippen molar-refractivity contribution < 1.29 is 0 Å². The van der Waals surface area contributed by atoms with Crippen LogP contribution in [0.1, 0.15) is 31.4 Å². The van der Waals surface area contributed by atoms with E-state index in [1.54, 1.807) is 0 Å². The number of nitrogens with two attached hydrogens (primary N) is 1. The van der Waals surface area contributed by atoms with Crippen LogP contribution in [0.4, 0.5) is 5.69 Å². The molecule has 0 heterocycles. The SMILES string of the molecule is CCC(C)CN(C)c1ccc(C)cc1C(N)=S. The van der Waals surface area contributed by atoms with E-state index in [9.17, 15) is 0 Å². The van der Waals surface area contributed by atoms with Crippen molar-refractivity contribution in [3.05, 3.63) is 29.3 Å². The molecular formula is C14H22N2S. The van der Waals surface area contributed by atoms with Crippen molar-refractivity contribution in [3.8, 4) is 0 Å². The average Bonchev–Trinajstić information content (AvgIpc) is 2.28. The second kappa shape index (κ2) is 6.01. The summed E-state index contributed by atoms with van der Waals surface area (Å²) in [6.07, 6.45) is 1.18. The maximum Gasteiger partial charge on any atom is 0.106 e. The molecule has 1 aromatic rings. The molecule has 0 amide bonds. The predicted molar refractivity (Wildman–Crippen MR) is 79.8 cm³/mol. The third-order valence-corrected chi connectivity index (χ3v) is 3.33. The van der Waals surface area contributed by atoms with Crippen molar-refractivity contribution in [2.24, 2.45) is 11.7 Å². The van der Waals surface area contributed by atoms with E-state index in [0.29, 0.717) is 10.9 Å². The number of nitrogens with zero attached hydrogens (tertiary/aromatic N) is 1. The van der Waals surface area contributed by atoms with Crippen LogP contribution in [0.15, 0.2) is 18.2 Å². The first kappa shape index (κ1) is 14.0. The van der Waals surface area contributed by atoms with Gasteiger partial charge in [-0.05, 0) is 25.0 Å². The lowest BCUT2D eigenvalue weighted by atomic mass is 10.1. The smallest absolute Gasteiger partial charge is 0.106 e. The summed E-state index contributed by atoms with van der Waals surface area (Å²) in [6.45, 7) is 7.54. The summed E-state index contributed by atoms with van der Waals surface area (Å²) in [5.41, 5.74) is 9.08. The van der Waals surface area contributed by atoms with E-state index in [0.717, 1.165) is 17.8 Å². The lowest BCUT2D eigenvalue weighted by Crippen LogP contribution is -2.26. The molecule has 0 aliphatic heterocycles. The maximum absolute atomic E-state index is 5.79. The van der Waals surface area contributed by atoms with Crippen molar-refractivity contribution in [1.82, 2.24) is 0 Å². The molecule has 0 aliphatic carbocycles. The first-order chi connectivity index (χ1) is 7.95. The van der Waals surface area contributed by atoms with Gasteiger partial charge < -0.3 is 10.6 Å². The van der Waals surface area contributed by atoms with Crippen LogP contribution in [0.5, 0.6) is 0 Å². The van der Waals surface area contributed by atoms with Gasteiger partial charge in [-0.2, -0.15) is 0 Å². The van der Waals surface area contributed by atoms with Crippen LogP contribution >= 0.6 is 12.2 Å². The molecule has 2 N–H and O–H groups in total. The van der Waals surface area contributed by atoms with Crippen LogP contribution in [0, 0.1) is 12.8 Å². The Labute approximate surface area is 110 Å². The Morgan fingerprint density at radius 2 is 2.12 bits per heavy atom. The summed E-state index contributed by atoms with van der Waals surface area (Å²) in [4.78, 5) is 2.71. The molecule has 0 saturated carbocycles. The molecule has 0 fully saturated rings. The van der Waals surface area contributed by atoms with E-state index in [1.807, 2.05) is 0 Å². The Morgan fingerprint density at radius 1 is 1.47 bits per heavy atom. The van der Waals surface area contributed by atoms with Gasteiger partial charge >= 0.3 is 0 Å². The van der Waals surface area contributed by atoms with E-state index in [-0.39, 0.29) is 0 Å². The molecule has 0 aliphatic rings. The third-order valence-electron chi connectivity index (χ3n) is 3.11. The summed E-state index contributed by atoms with van der Waals surface area (Å²) in [5.74, 6) is 0.667. The average molecular weight is 250 g/mol. The molecule has 3 heteroatoms. The van der Waals surface area contributed by atoms with Crippen molar-refractivity contribution >= 4 is 22.9 Å². The van der Waals surface area contributed by atoms with Crippen molar-refractivity contribution in [2.75, 3.05) is 18.5 Å². The summed E-state index contributed by atoms with van der Waals surface area (Å²) in [7, 11) is 2.10. The fourth-order valence-corrected chi connectivity index (χ4v) is 2.04. The normalized spacial score (nSPS) is 12.2. The van der Waals surface area contributed by atoms with Gasteiger partial charge in [-0.3, -0.25) is 0 Å². The minimum absolute atomic E-state index is 0.472. The van der Waals surface area contributed by atoms with E-state index in [4.69, 9.17) is 18.0 Å². The number of hydrogen-bond donors (Lipinski definition) is 1. The number of benzene rings is 1. The molecule has 2 nitrogen and oxygen atoms in total. The monoisotopic (exact) mass is 250 g/mol. The molecule has 1 rings (SSSR count). The fraction of sp³-hybridized carbons (Fsp3) is 0.500. The highest BCUT2D eigenvalue weighted by atomic mass is 32.1. The molecule has 17 heavy (non-hydrogen) atoms. The highest BCUT2D eigenvalue weighted by Crippen LogP contribution is 2.22. The van der Waals surface area contributed by atoms with Crippen LogP contribution < -0.4 is 10.6 Å². The number of aryl methyl sites for hydroxylation is 1. The lowest BCUT2D eigenvalue weighted by molar-refractivity contribution is 0.560. The lowest BCUT2D eigenvalue weighted by Gasteiger charge is -2.25. The number of hydrogen-bond acceptors (Lipinski definition) is 2.